The molecule has 9 heteroatoms. The molecule has 37 heavy (non-hydrogen) atoms. The van der Waals surface area contributed by atoms with Gasteiger partial charge in [-0.1, -0.05) is 34.4 Å². The Morgan fingerprint density at radius 1 is 1.14 bits per heavy atom. The van der Waals surface area contributed by atoms with Crippen LogP contribution in [0, 0.1) is 5.41 Å². The highest BCUT2D eigenvalue weighted by Crippen LogP contribution is 2.48. The van der Waals surface area contributed by atoms with Crippen molar-refractivity contribution in [3.63, 3.8) is 0 Å². The summed E-state index contributed by atoms with van der Waals surface area (Å²) in [6.07, 6.45) is 10.8. The summed E-state index contributed by atoms with van der Waals surface area (Å²) in [5.41, 5.74) is 3.72. The van der Waals surface area contributed by atoms with Crippen molar-refractivity contribution in [1.29, 1.82) is 0 Å². The molecule has 7 nitrogen and oxygen atoms in total. The first-order valence-electron chi connectivity index (χ1n) is 12.9. The fourth-order valence-electron chi connectivity index (χ4n) is 5.90. The summed E-state index contributed by atoms with van der Waals surface area (Å²) in [6.45, 7) is 2.28. The molecule has 2 aliphatic carbocycles. The lowest BCUT2D eigenvalue weighted by Gasteiger charge is -2.37. The molecule has 3 aromatic rings. The lowest BCUT2D eigenvalue weighted by atomic mass is 9.72. The van der Waals surface area contributed by atoms with Crippen LogP contribution in [-0.2, 0) is 11.3 Å². The van der Waals surface area contributed by atoms with Crippen LogP contribution in [0.1, 0.15) is 72.5 Å². The largest absolute Gasteiger partial charge is 0.478 e. The second-order valence-electron chi connectivity index (χ2n) is 10.7. The van der Waals surface area contributed by atoms with E-state index in [9.17, 15) is 9.90 Å². The molecule has 1 aliphatic heterocycles. The number of anilines is 1. The van der Waals surface area contributed by atoms with Gasteiger partial charge in [0.25, 0.3) is 0 Å². The van der Waals surface area contributed by atoms with Crippen LogP contribution in [0.3, 0.4) is 0 Å². The zero-order chi connectivity index (χ0) is 25.6. The van der Waals surface area contributed by atoms with E-state index in [1.807, 2.05) is 18.2 Å². The third kappa shape index (κ3) is 4.97. The predicted octanol–water partition coefficient (Wildman–Crippen LogP) is 6.97. The number of nitrogens with zero attached hydrogens (tertiary/aromatic N) is 3. The van der Waals surface area contributed by atoms with Crippen LogP contribution in [0.5, 0.6) is 0 Å². The lowest BCUT2D eigenvalue weighted by Crippen LogP contribution is -2.34. The third-order valence-corrected chi connectivity index (χ3v) is 8.83. The molecule has 2 saturated carbocycles. The van der Waals surface area contributed by atoms with E-state index in [0.717, 1.165) is 75.0 Å². The summed E-state index contributed by atoms with van der Waals surface area (Å²) >= 11 is 13.0. The molecule has 3 aliphatic rings. The highest BCUT2D eigenvalue weighted by atomic mass is 35.5. The van der Waals surface area contributed by atoms with E-state index in [1.165, 1.54) is 6.20 Å². The van der Waals surface area contributed by atoms with Gasteiger partial charge in [-0.2, -0.15) is 0 Å². The monoisotopic (exact) mass is 541 g/mol. The SMILES string of the molecule is O=C(O)c1cncc(N2CCC3(CCC(OCc4c(-c5c(Cl)cccc5Cl)noc4C4CC4)CC3)C2)c1. The van der Waals surface area contributed by atoms with Crippen LogP contribution >= 0.6 is 23.2 Å². The number of ether oxygens (including phenoxy) is 1. The molecule has 0 bridgehead atoms. The van der Waals surface area contributed by atoms with Gasteiger partial charge in [0, 0.05) is 36.3 Å². The van der Waals surface area contributed by atoms with E-state index in [0.29, 0.717) is 33.8 Å². The van der Waals surface area contributed by atoms with E-state index in [2.05, 4.69) is 15.0 Å². The van der Waals surface area contributed by atoms with Crippen LogP contribution in [0.25, 0.3) is 11.3 Å². The number of carbonyl (C=O) groups is 1. The topological polar surface area (TPSA) is 88.7 Å². The Morgan fingerprint density at radius 2 is 1.89 bits per heavy atom. The summed E-state index contributed by atoms with van der Waals surface area (Å²) in [5.74, 6) is 0.356. The van der Waals surface area contributed by atoms with Gasteiger partial charge in [-0.3, -0.25) is 4.98 Å². The zero-order valence-corrected chi connectivity index (χ0v) is 22.0. The van der Waals surface area contributed by atoms with E-state index >= 15 is 0 Å². The quantitative estimate of drug-likeness (QED) is 0.345. The van der Waals surface area contributed by atoms with Gasteiger partial charge in [0.1, 0.15) is 11.5 Å². The zero-order valence-electron chi connectivity index (χ0n) is 20.5. The van der Waals surface area contributed by atoms with E-state index in [-0.39, 0.29) is 17.1 Å². The van der Waals surface area contributed by atoms with Crippen LogP contribution in [-0.4, -0.2) is 40.4 Å². The van der Waals surface area contributed by atoms with Gasteiger partial charge in [-0.05, 0) is 68.6 Å². The van der Waals surface area contributed by atoms with Crippen LogP contribution in [0.4, 0.5) is 5.69 Å². The Balaban J connectivity index is 1.11. The molecule has 1 spiro atoms. The normalized spacial score (nSPS) is 23.6. The fraction of sp³-hybridized carbons (Fsp3) is 0.464. The van der Waals surface area contributed by atoms with Crippen molar-refractivity contribution in [2.24, 2.45) is 5.41 Å². The van der Waals surface area contributed by atoms with Gasteiger partial charge < -0.3 is 19.3 Å². The van der Waals surface area contributed by atoms with Gasteiger partial charge in [0.05, 0.1) is 40.2 Å². The van der Waals surface area contributed by atoms with Crippen molar-refractivity contribution in [2.45, 2.75) is 63.6 Å². The van der Waals surface area contributed by atoms with Crippen molar-refractivity contribution in [3.8, 4) is 11.3 Å². The minimum atomic E-state index is -0.946. The van der Waals surface area contributed by atoms with Crippen molar-refractivity contribution in [3.05, 3.63) is 63.6 Å². The Hall–Kier alpha value is -2.61. The number of aromatic carboxylic acids is 1. The first-order valence-corrected chi connectivity index (χ1v) is 13.7. The molecule has 1 aromatic carbocycles. The Morgan fingerprint density at radius 3 is 2.59 bits per heavy atom. The third-order valence-electron chi connectivity index (χ3n) is 8.20. The first kappa shape index (κ1) is 24.7. The average molecular weight is 542 g/mol. The maximum Gasteiger partial charge on any atom is 0.337 e. The van der Waals surface area contributed by atoms with E-state index < -0.39 is 5.97 Å². The summed E-state index contributed by atoms with van der Waals surface area (Å²) in [5, 5.41) is 14.8. The van der Waals surface area contributed by atoms with Crippen molar-refractivity contribution in [1.82, 2.24) is 10.1 Å². The first-order chi connectivity index (χ1) is 17.9. The maximum absolute atomic E-state index is 11.3. The number of rotatable bonds is 7. The molecule has 194 valence electrons. The number of hydrogen-bond donors (Lipinski definition) is 1. The van der Waals surface area contributed by atoms with Gasteiger partial charge in [0.15, 0.2) is 0 Å². The van der Waals surface area contributed by atoms with Crippen LogP contribution in [0.2, 0.25) is 10.0 Å². The average Bonchev–Trinajstić information content (AvgIpc) is 3.53. The molecule has 0 atom stereocenters. The minimum Gasteiger partial charge on any atom is -0.478 e. The number of pyridine rings is 1. The van der Waals surface area contributed by atoms with Crippen molar-refractivity contribution in [2.75, 3.05) is 18.0 Å². The summed E-state index contributed by atoms with van der Waals surface area (Å²) in [6, 6.07) is 7.19. The van der Waals surface area contributed by atoms with E-state index in [1.54, 1.807) is 12.3 Å². The van der Waals surface area contributed by atoms with Crippen LogP contribution in [0.15, 0.2) is 41.2 Å². The number of halogens is 2. The Kier molecular flexibility index (Phi) is 6.63. The molecule has 2 aromatic heterocycles. The van der Waals surface area contributed by atoms with Crippen molar-refractivity contribution >= 4 is 34.9 Å². The van der Waals surface area contributed by atoms with Gasteiger partial charge >= 0.3 is 5.97 Å². The minimum absolute atomic E-state index is 0.174. The molecule has 6 rings (SSSR count). The second-order valence-corrected chi connectivity index (χ2v) is 11.5. The summed E-state index contributed by atoms with van der Waals surface area (Å²) in [7, 11) is 0. The Bertz CT molecular complexity index is 1290. The molecule has 0 radical (unpaired) electrons. The Labute approximate surface area is 225 Å². The molecule has 1 N–H and O–H groups in total. The highest BCUT2D eigenvalue weighted by molar-refractivity contribution is 6.39. The standard InChI is InChI=1S/C28H29Cl2N3O4/c29-22-2-1-3-23(30)24(22)25-21(26(37-32-25)17-4-5-17)15-36-20-6-8-28(9-7-20)10-11-33(16-28)19-12-18(27(34)35)13-31-14-19/h1-3,12-14,17,20H,4-11,15-16H2,(H,34,35). The predicted molar refractivity (Wildman–Crippen MR) is 141 cm³/mol. The number of aromatic nitrogens is 2. The number of carboxylic acid groups (broad SMARTS) is 1. The number of carboxylic acids is 1. The molecule has 0 unspecified atom stereocenters. The molecule has 1 saturated heterocycles. The van der Waals surface area contributed by atoms with Crippen molar-refractivity contribution < 1.29 is 19.2 Å². The molecule has 3 heterocycles. The summed E-state index contributed by atoms with van der Waals surface area (Å²) < 4.78 is 12.3. The molecule has 3 fully saturated rings. The van der Waals surface area contributed by atoms with Gasteiger partial charge in [-0.15, -0.1) is 0 Å². The number of hydrogen-bond acceptors (Lipinski definition) is 6. The molecular formula is C28H29Cl2N3O4. The van der Waals surface area contributed by atoms with E-state index in [4.69, 9.17) is 32.5 Å². The molecule has 0 amide bonds. The summed E-state index contributed by atoms with van der Waals surface area (Å²) in [4.78, 5) is 17.8. The number of benzene rings is 1. The van der Waals surface area contributed by atoms with Gasteiger partial charge in [-0.25, -0.2) is 4.79 Å². The highest BCUT2D eigenvalue weighted by Gasteiger charge is 2.42. The molecular weight excluding hydrogens is 513 g/mol. The fourth-order valence-corrected chi connectivity index (χ4v) is 6.48. The smallest absolute Gasteiger partial charge is 0.337 e. The van der Waals surface area contributed by atoms with Crippen LogP contribution < -0.4 is 4.90 Å². The van der Waals surface area contributed by atoms with Gasteiger partial charge in [0.2, 0.25) is 0 Å². The maximum atomic E-state index is 11.3. The lowest BCUT2D eigenvalue weighted by molar-refractivity contribution is -0.00883. The second kappa shape index (κ2) is 9.93.